The van der Waals surface area contributed by atoms with Crippen molar-refractivity contribution in [3.63, 3.8) is 0 Å². The van der Waals surface area contributed by atoms with Gasteiger partial charge in [0.15, 0.2) is 0 Å². The van der Waals surface area contributed by atoms with Gasteiger partial charge < -0.3 is 9.69 Å². The van der Waals surface area contributed by atoms with Crippen molar-refractivity contribution in [2.45, 2.75) is 32.1 Å². The second kappa shape index (κ2) is 4.70. The summed E-state index contributed by atoms with van der Waals surface area (Å²) in [4.78, 5) is 24.1. The minimum atomic E-state index is 0.156. The monoisotopic (exact) mass is 231 g/mol. The van der Waals surface area contributed by atoms with E-state index in [0.29, 0.717) is 12.8 Å². The van der Waals surface area contributed by atoms with Gasteiger partial charge in [-0.2, -0.15) is 0 Å². The minimum absolute atomic E-state index is 0.156. The van der Waals surface area contributed by atoms with E-state index in [4.69, 9.17) is 0 Å². The maximum Gasteiger partial charge on any atom is 0.227 e. The first-order valence-corrected chi connectivity index (χ1v) is 5.97. The number of anilines is 1. The van der Waals surface area contributed by atoms with E-state index < -0.39 is 0 Å². The SMILES string of the molecule is CC(CC=O)c1cccc2c1N(C)C(=O)CC2. The summed E-state index contributed by atoms with van der Waals surface area (Å²) >= 11 is 0. The van der Waals surface area contributed by atoms with Crippen LogP contribution in [0.3, 0.4) is 0 Å². The molecule has 0 aliphatic carbocycles. The maximum atomic E-state index is 11.7. The van der Waals surface area contributed by atoms with E-state index >= 15 is 0 Å². The third-order valence-corrected chi connectivity index (χ3v) is 3.45. The van der Waals surface area contributed by atoms with Crippen molar-refractivity contribution in [1.29, 1.82) is 0 Å². The molecule has 3 heteroatoms. The zero-order valence-corrected chi connectivity index (χ0v) is 10.3. The zero-order chi connectivity index (χ0) is 12.4. The Balaban J connectivity index is 2.47. The van der Waals surface area contributed by atoms with Crippen LogP contribution in [0.15, 0.2) is 18.2 Å². The van der Waals surface area contributed by atoms with E-state index in [1.54, 1.807) is 4.90 Å². The third kappa shape index (κ3) is 2.09. The lowest BCUT2D eigenvalue weighted by molar-refractivity contribution is -0.118. The Hall–Kier alpha value is -1.64. The Morgan fingerprint density at radius 1 is 1.41 bits per heavy atom. The van der Waals surface area contributed by atoms with E-state index in [0.717, 1.165) is 24.0 Å². The fourth-order valence-corrected chi connectivity index (χ4v) is 2.42. The number of hydrogen-bond donors (Lipinski definition) is 0. The molecule has 1 atom stereocenters. The number of aryl methyl sites for hydroxylation is 1. The highest BCUT2D eigenvalue weighted by Crippen LogP contribution is 2.35. The Bertz CT molecular complexity index is 454. The van der Waals surface area contributed by atoms with E-state index in [1.165, 1.54) is 5.56 Å². The first-order valence-electron chi connectivity index (χ1n) is 5.97. The summed E-state index contributed by atoms with van der Waals surface area (Å²) in [6, 6.07) is 6.09. The molecular weight excluding hydrogens is 214 g/mol. The van der Waals surface area contributed by atoms with Crippen molar-refractivity contribution in [3.05, 3.63) is 29.3 Å². The highest BCUT2D eigenvalue weighted by Gasteiger charge is 2.24. The molecule has 0 N–H and O–H groups in total. The van der Waals surface area contributed by atoms with Gasteiger partial charge in [-0.05, 0) is 23.5 Å². The summed E-state index contributed by atoms with van der Waals surface area (Å²) in [5, 5.41) is 0. The van der Waals surface area contributed by atoms with Gasteiger partial charge in [0.1, 0.15) is 6.29 Å². The van der Waals surface area contributed by atoms with Crippen LogP contribution in [0.2, 0.25) is 0 Å². The second-order valence-corrected chi connectivity index (χ2v) is 4.61. The summed E-state index contributed by atoms with van der Waals surface area (Å²) in [6.07, 6.45) is 2.82. The number of carbonyl (C=O) groups is 2. The van der Waals surface area contributed by atoms with Crippen LogP contribution < -0.4 is 4.90 Å². The molecular formula is C14H17NO2. The Morgan fingerprint density at radius 2 is 2.18 bits per heavy atom. The van der Waals surface area contributed by atoms with Gasteiger partial charge in [-0.15, -0.1) is 0 Å². The molecule has 0 bridgehead atoms. The summed E-state index contributed by atoms with van der Waals surface area (Å²) < 4.78 is 0. The van der Waals surface area contributed by atoms with Crippen molar-refractivity contribution in [3.8, 4) is 0 Å². The van der Waals surface area contributed by atoms with Crippen molar-refractivity contribution in [1.82, 2.24) is 0 Å². The Kier molecular flexibility index (Phi) is 3.27. The fraction of sp³-hybridized carbons (Fsp3) is 0.429. The molecule has 17 heavy (non-hydrogen) atoms. The van der Waals surface area contributed by atoms with Gasteiger partial charge in [-0.1, -0.05) is 25.1 Å². The molecule has 1 aromatic carbocycles. The molecule has 1 aromatic rings. The van der Waals surface area contributed by atoms with E-state index in [-0.39, 0.29) is 11.8 Å². The van der Waals surface area contributed by atoms with Crippen molar-refractivity contribution < 1.29 is 9.59 Å². The van der Waals surface area contributed by atoms with Crippen LogP contribution in [0.4, 0.5) is 5.69 Å². The smallest absolute Gasteiger partial charge is 0.227 e. The summed E-state index contributed by atoms with van der Waals surface area (Å²) in [6.45, 7) is 2.02. The maximum absolute atomic E-state index is 11.7. The number of rotatable bonds is 3. The summed E-state index contributed by atoms with van der Waals surface area (Å²) in [5.41, 5.74) is 3.32. The Morgan fingerprint density at radius 3 is 2.88 bits per heavy atom. The minimum Gasteiger partial charge on any atom is -0.315 e. The Labute approximate surface area is 101 Å². The normalized spacial score (nSPS) is 16.6. The van der Waals surface area contributed by atoms with Crippen LogP contribution in [-0.2, 0) is 16.0 Å². The number of carbonyl (C=O) groups excluding carboxylic acids is 2. The molecule has 0 saturated heterocycles. The molecule has 1 unspecified atom stereocenters. The average molecular weight is 231 g/mol. The number of amides is 1. The lowest BCUT2D eigenvalue weighted by atomic mass is 9.90. The zero-order valence-electron chi connectivity index (χ0n) is 10.3. The number of hydrogen-bond acceptors (Lipinski definition) is 2. The number of benzene rings is 1. The summed E-state index contributed by atoms with van der Waals surface area (Å²) in [7, 11) is 1.82. The molecule has 0 fully saturated rings. The number of para-hydroxylation sites is 1. The third-order valence-electron chi connectivity index (χ3n) is 3.45. The number of fused-ring (bicyclic) bond motifs is 1. The average Bonchev–Trinajstić information content (AvgIpc) is 2.33. The van der Waals surface area contributed by atoms with Crippen LogP contribution in [0.1, 0.15) is 36.8 Å². The molecule has 3 nitrogen and oxygen atoms in total. The van der Waals surface area contributed by atoms with Gasteiger partial charge in [-0.25, -0.2) is 0 Å². The predicted octanol–water partition coefficient (Wildman–Crippen LogP) is 2.29. The van der Waals surface area contributed by atoms with Crippen molar-refractivity contribution in [2.75, 3.05) is 11.9 Å². The fourth-order valence-electron chi connectivity index (χ4n) is 2.42. The highest BCUT2D eigenvalue weighted by atomic mass is 16.2. The molecule has 0 spiro atoms. The van der Waals surface area contributed by atoms with Gasteiger partial charge in [-0.3, -0.25) is 4.79 Å². The van der Waals surface area contributed by atoms with Crippen LogP contribution in [-0.4, -0.2) is 19.2 Å². The van der Waals surface area contributed by atoms with E-state index in [1.807, 2.05) is 26.1 Å². The van der Waals surface area contributed by atoms with Crippen LogP contribution in [0, 0.1) is 0 Å². The first kappa shape index (κ1) is 11.8. The van der Waals surface area contributed by atoms with Crippen LogP contribution >= 0.6 is 0 Å². The van der Waals surface area contributed by atoms with Gasteiger partial charge in [0, 0.05) is 25.6 Å². The molecule has 0 aromatic heterocycles. The summed E-state index contributed by atoms with van der Waals surface area (Å²) in [5.74, 6) is 0.319. The van der Waals surface area contributed by atoms with Gasteiger partial charge in [0.2, 0.25) is 5.91 Å². The second-order valence-electron chi connectivity index (χ2n) is 4.61. The molecule has 0 radical (unpaired) electrons. The number of nitrogens with zero attached hydrogens (tertiary/aromatic N) is 1. The largest absolute Gasteiger partial charge is 0.315 e. The number of aldehydes is 1. The highest BCUT2D eigenvalue weighted by molar-refractivity contribution is 5.96. The molecule has 1 heterocycles. The molecule has 1 aliphatic heterocycles. The van der Waals surface area contributed by atoms with Crippen molar-refractivity contribution >= 4 is 17.9 Å². The quantitative estimate of drug-likeness (QED) is 0.748. The molecule has 1 amide bonds. The standard InChI is InChI=1S/C14H17NO2/c1-10(8-9-16)12-5-3-4-11-6-7-13(17)15(2)14(11)12/h3-5,9-10H,6-8H2,1-2H3. The van der Waals surface area contributed by atoms with E-state index in [9.17, 15) is 9.59 Å². The topological polar surface area (TPSA) is 37.4 Å². The van der Waals surface area contributed by atoms with Crippen LogP contribution in [0.25, 0.3) is 0 Å². The van der Waals surface area contributed by atoms with E-state index in [2.05, 4.69) is 6.07 Å². The predicted molar refractivity (Wildman–Crippen MR) is 67.3 cm³/mol. The lowest BCUT2D eigenvalue weighted by Gasteiger charge is -2.29. The van der Waals surface area contributed by atoms with Gasteiger partial charge in [0.05, 0.1) is 0 Å². The molecule has 0 saturated carbocycles. The van der Waals surface area contributed by atoms with Crippen LogP contribution in [0.5, 0.6) is 0 Å². The first-order chi connectivity index (χ1) is 8.15. The van der Waals surface area contributed by atoms with Crippen molar-refractivity contribution in [2.24, 2.45) is 0 Å². The molecule has 90 valence electrons. The lowest BCUT2D eigenvalue weighted by Crippen LogP contribution is -2.32. The molecule has 1 aliphatic rings. The molecule has 2 rings (SSSR count). The van der Waals surface area contributed by atoms with Gasteiger partial charge in [0.25, 0.3) is 0 Å². The van der Waals surface area contributed by atoms with Gasteiger partial charge >= 0.3 is 0 Å².